The molecular formula is C18H20NO4S2-. The van der Waals surface area contributed by atoms with Crippen LogP contribution in [0.2, 0.25) is 0 Å². The van der Waals surface area contributed by atoms with Crippen LogP contribution in [0.4, 0.5) is 0 Å². The molecule has 0 aromatic heterocycles. The van der Waals surface area contributed by atoms with Crippen molar-refractivity contribution >= 4 is 46.3 Å². The zero-order valence-electron chi connectivity index (χ0n) is 14.6. The molecule has 7 heteroatoms. The van der Waals surface area contributed by atoms with Crippen LogP contribution in [0.3, 0.4) is 0 Å². The van der Waals surface area contributed by atoms with Gasteiger partial charge in [0.2, 0.25) is 0 Å². The molecule has 1 saturated heterocycles. The summed E-state index contributed by atoms with van der Waals surface area (Å²) in [5.41, 5.74) is 2.97. The second-order valence-electron chi connectivity index (χ2n) is 6.06. The van der Waals surface area contributed by atoms with Crippen molar-refractivity contribution in [1.82, 2.24) is 4.90 Å². The number of thioether (sulfide) groups is 1. The van der Waals surface area contributed by atoms with Gasteiger partial charge < -0.3 is 14.6 Å². The smallest absolute Gasteiger partial charge is 0.266 e. The minimum Gasteiger partial charge on any atom is -0.550 e. The van der Waals surface area contributed by atoms with Crippen LogP contribution in [-0.4, -0.2) is 34.8 Å². The maximum atomic E-state index is 12.5. The van der Waals surface area contributed by atoms with Gasteiger partial charge in [-0.05, 0) is 47.7 Å². The number of hydrogen-bond acceptors (Lipinski definition) is 6. The number of carbonyl (C=O) groups excluding carboxylic acids is 2. The second-order valence-corrected chi connectivity index (χ2v) is 7.74. The number of nitrogens with zero attached hydrogens (tertiary/aromatic N) is 1. The van der Waals surface area contributed by atoms with Crippen LogP contribution < -0.4 is 9.84 Å². The summed E-state index contributed by atoms with van der Waals surface area (Å²) in [5, 5.41) is 10.6. The van der Waals surface area contributed by atoms with Crippen LogP contribution in [0.25, 0.3) is 6.08 Å². The summed E-state index contributed by atoms with van der Waals surface area (Å²) in [5.74, 6) is -0.366. The monoisotopic (exact) mass is 378 g/mol. The molecule has 2 rings (SSSR count). The van der Waals surface area contributed by atoms with E-state index in [9.17, 15) is 14.7 Å². The predicted octanol–water partition coefficient (Wildman–Crippen LogP) is 2.47. The molecule has 5 nitrogen and oxygen atoms in total. The number of aliphatic carboxylic acids is 1. The third kappa shape index (κ3) is 4.41. The van der Waals surface area contributed by atoms with Crippen molar-refractivity contribution in [3.63, 3.8) is 0 Å². The third-order valence-electron chi connectivity index (χ3n) is 3.94. The Morgan fingerprint density at radius 2 is 2.12 bits per heavy atom. The number of ether oxygens (including phenoxy) is 1. The molecule has 0 saturated carbocycles. The Morgan fingerprint density at radius 3 is 2.68 bits per heavy atom. The van der Waals surface area contributed by atoms with Crippen LogP contribution in [0, 0.1) is 6.92 Å². The Morgan fingerprint density at radius 1 is 1.44 bits per heavy atom. The number of amides is 1. The first-order chi connectivity index (χ1) is 11.7. The highest BCUT2D eigenvalue weighted by atomic mass is 32.2. The van der Waals surface area contributed by atoms with E-state index in [0.29, 0.717) is 9.23 Å². The number of aryl methyl sites for hydroxylation is 1. The Kier molecular flexibility index (Phi) is 6.24. The van der Waals surface area contributed by atoms with Crippen molar-refractivity contribution in [2.45, 2.75) is 33.1 Å². The largest absolute Gasteiger partial charge is 0.550 e. The summed E-state index contributed by atoms with van der Waals surface area (Å²) >= 11 is 6.38. The number of hydrogen-bond donors (Lipinski definition) is 0. The molecule has 1 aromatic carbocycles. The fraction of sp³-hybridized carbons (Fsp3) is 0.389. The van der Waals surface area contributed by atoms with Crippen molar-refractivity contribution in [1.29, 1.82) is 0 Å². The Balaban J connectivity index is 2.34. The van der Waals surface area contributed by atoms with Gasteiger partial charge in [0.05, 0.1) is 12.0 Å². The lowest BCUT2D eigenvalue weighted by molar-refractivity contribution is -0.305. The number of rotatable bonds is 6. The lowest BCUT2D eigenvalue weighted by Gasteiger charge is -2.15. The van der Waals surface area contributed by atoms with Crippen molar-refractivity contribution in [2.75, 3.05) is 13.7 Å². The van der Waals surface area contributed by atoms with E-state index in [1.165, 1.54) is 16.7 Å². The molecule has 0 N–H and O–H groups in total. The van der Waals surface area contributed by atoms with Gasteiger partial charge in [-0.25, -0.2) is 0 Å². The lowest BCUT2D eigenvalue weighted by Crippen LogP contribution is -2.33. The number of carbonyl (C=O) groups is 2. The Labute approximate surface area is 157 Å². The van der Waals surface area contributed by atoms with Gasteiger partial charge in [0.25, 0.3) is 5.91 Å². The SMILES string of the molecule is COc1cc(C)c(/C=C2/SC(=S)N(CCC(=O)[O-])C2=O)cc1C(C)C. The Hall–Kier alpha value is -1.86. The number of carboxylic acid groups (broad SMARTS) is 1. The number of methoxy groups -OCH3 is 1. The van der Waals surface area contributed by atoms with Crippen molar-refractivity contribution in [3.05, 3.63) is 33.7 Å². The molecule has 1 amide bonds. The summed E-state index contributed by atoms with van der Waals surface area (Å²) in [7, 11) is 1.64. The standard InChI is InChI=1S/C18H21NO4S2/c1-10(2)13-8-12(11(3)7-14(13)23-4)9-15-17(22)19(18(24)25-15)6-5-16(20)21/h7-10H,5-6H2,1-4H3,(H,20,21)/p-1/b15-9+. The van der Waals surface area contributed by atoms with E-state index in [1.54, 1.807) is 13.2 Å². The van der Waals surface area contributed by atoms with Gasteiger partial charge >= 0.3 is 0 Å². The predicted molar refractivity (Wildman–Crippen MR) is 101 cm³/mol. The summed E-state index contributed by atoms with van der Waals surface area (Å²) in [4.78, 5) is 24.9. The lowest BCUT2D eigenvalue weighted by atomic mass is 9.96. The molecule has 0 bridgehead atoms. The first-order valence-corrected chi connectivity index (χ1v) is 9.10. The van der Waals surface area contributed by atoms with Crippen LogP contribution >= 0.6 is 24.0 Å². The average Bonchev–Trinajstić information content (AvgIpc) is 2.80. The zero-order valence-corrected chi connectivity index (χ0v) is 16.3. The van der Waals surface area contributed by atoms with Crippen molar-refractivity contribution in [3.8, 4) is 5.75 Å². The van der Waals surface area contributed by atoms with Crippen LogP contribution in [0.5, 0.6) is 5.75 Å². The molecule has 0 spiro atoms. The van der Waals surface area contributed by atoms with Crippen LogP contribution in [-0.2, 0) is 9.59 Å². The first-order valence-electron chi connectivity index (χ1n) is 7.88. The molecule has 25 heavy (non-hydrogen) atoms. The van der Waals surface area contributed by atoms with E-state index < -0.39 is 5.97 Å². The van der Waals surface area contributed by atoms with Crippen LogP contribution in [0.15, 0.2) is 17.0 Å². The zero-order chi connectivity index (χ0) is 18.7. The minimum atomic E-state index is -1.20. The number of carboxylic acids is 1. The summed E-state index contributed by atoms with van der Waals surface area (Å²) < 4.78 is 5.81. The third-order valence-corrected chi connectivity index (χ3v) is 5.32. The topological polar surface area (TPSA) is 69.7 Å². The fourth-order valence-corrected chi connectivity index (χ4v) is 3.84. The summed E-state index contributed by atoms with van der Waals surface area (Å²) in [6.07, 6.45) is 1.57. The Bertz CT molecular complexity index is 756. The maximum absolute atomic E-state index is 12.5. The number of thiocarbonyl (C=S) groups is 1. The number of benzene rings is 1. The highest BCUT2D eigenvalue weighted by Crippen LogP contribution is 2.35. The molecule has 0 radical (unpaired) electrons. The van der Waals surface area contributed by atoms with E-state index in [-0.39, 0.29) is 24.8 Å². The van der Waals surface area contributed by atoms with Gasteiger partial charge in [-0.3, -0.25) is 9.69 Å². The second kappa shape index (κ2) is 8.01. The highest BCUT2D eigenvalue weighted by Gasteiger charge is 2.31. The fourth-order valence-electron chi connectivity index (χ4n) is 2.54. The van der Waals surface area contributed by atoms with E-state index in [0.717, 1.165) is 22.4 Å². The summed E-state index contributed by atoms with van der Waals surface area (Å²) in [6, 6.07) is 3.98. The highest BCUT2D eigenvalue weighted by molar-refractivity contribution is 8.26. The molecule has 1 fully saturated rings. The molecule has 0 unspecified atom stereocenters. The maximum Gasteiger partial charge on any atom is 0.266 e. The van der Waals surface area contributed by atoms with Gasteiger partial charge in [0.1, 0.15) is 10.1 Å². The molecule has 0 atom stereocenters. The van der Waals surface area contributed by atoms with E-state index >= 15 is 0 Å². The molecule has 1 aromatic rings. The van der Waals surface area contributed by atoms with Crippen LogP contribution in [0.1, 0.15) is 42.9 Å². The minimum absolute atomic E-state index is 0.0309. The van der Waals surface area contributed by atoms with Gasteiger partial charge in [-0.15, -0.1) is 0 Å². The average molecular weight is 378 g/mol. The van der Waals surface area contributed by atoms with Gasteiger partial charge in [0, 0.05) is 18.9 Å². The first kappa shape index (κ1) is 19.5. The van der Waals surface area contributed by atoms with Crippen molar-refractivity contribution < 1.29 is 19.4 Å². The summed E-state index contributed by atoms with van der Waals surface area (Å²) in [6.45, 7) is 6.14. The molecule has 1 aliphatic heterocycles. The quantitative estimate of drug-likeness (QED) is 0.559. The van der Waals surface area contributed by atoms with Crippen molar-refractivity contribution in [2.24, 2.45) is 0 Å². The molecule has 1 aliphatic rings. The van der Waals surface area contributed by atoms with Gasteiger partial charge in [0.15, 0.2) is 0 Å². The van der Waals surface area contributed by atoms with E-state index in [1.807, 2.05) is 19.1 Å². The van der Waals surface area contributed by atoms with E-state index in [4.69, 9.17) is 17.0 Å². The van der Waals surface area contributed by atoms with E-state index in [2.05, 4.69) is 13.8 Å². The molecule has 1 heterocycles. The normalized spacial score (nSPS) is 16.2. The molecule has 0 aliphatic carbocycles. The van der Waals surface area contributed by atoms with Gasteiger partial charge in [-0.2, -0.15) is 0 Å². The van der Waals surface area contributed by atoms with Gasteiger partial charge in [-0.1, -0.05) is 37.8 Å². The molecule has 134 valence electrons. The molecular weight excluding hydrogens is 358 g/mol.